The van der Waals surface area contributed by atoms with Gasteiger partial charge in [0, 0.05) is 5.69 Å². The van der Waals surface area contributed by atoms with Gasteiger partial charge in [-0.1, -0.05) is 29.8 Å². The van der Waals surface area contributed by atoms with E-state index < -0.39 is 39.1 Å². The van der Waals surface area contributed by atoms with Gasteiger partial charge < -0.3 is 15.4 Å². The predicted molar refractivity (Wildman–Crippen MR) is 110 cm³/mol. The lowest BCUT2D eigenvalue weighted by Gasteiger charge is -2.18. The second-order valence-corrected chi connectivity index (χ2v) is 8.05. The molecule has 0 unspecified atom stereocenters. The molecule has 0 radical (unpaired) electrons. The molecular weight excluding hydrogens is 425 g/mol. The highest BCUT2D eigenvalue weighted by atomic mass is 35.5. The summed E-state index contributed by atoms with van der Waals surface area (Å²) in [6, 6.07) is 8.24. The number of benzene rings is 2. The second-order valence-electron chi connectivity index (χ2n) is 5.64. The van der Waals surface area contributed by atoms with Crippen molar-refractivity contribution in [2.75, 3.05) is 27.7 Å². The number of anilines is 3. The largest absolute Gasteiger partial charge is 0.462 e. The van der Waals surface area contributed by atoms with Gasteiger partial charge in [0.15, 0.2) is 0 Å². The number of ether oxygens (including phenoxy) is 1. The first-order valence-corrected chi connectivity index (χ1v) is 10.5. The first-order chi connectivity index (χ1) is 13.7. The quantitative estimate of drug-likeness (QED) is 0.558. The summed E-state index contributed by atoms with van der Waals surface area (Å²) < 4.78 is 45.6. The lowest BCUT2D eigenvalue weighted by atomic mass is 10.1. The Labute approximate surface area is 172 Å². The van der Waals surface area contributed by atoms with E-state index >= 15 is 0 Å². The number of hydrogen-bond acceptors (Lipinski definition) is 5. The topological polar surface area (TPSA) is 114 Å². The molecule has 0 heterocycles. The Morgan fingerprint density at radius 2 is 1.76 bits per heavy atom. The van der Waals surface area contributed by atoms with Crippen LogP contribution in [0.5, 0.6) is 0 Å². The molecule has 0 aliphatic carbocycles. The van der Waals surface area contributed by atoms with Crippen molar-refractivity contribution in [3.63, 3.8) is 0 Å². The molecule has 0 bridgehead atoms. The minimum Gasteiger partial charge on any atom is -0.462 e. The van der Waals surface area contributed by atoms with Gasteiger partial charge in [-0.3, -0.25) is 4.72 Å². The molecule has 29 heavy (non-hydrogen) atoms. The Balaban J connectivity index is 2.51. The van der Waals surface area contributed by atoms with Crippen LogP contribution in [0.4, 0.5) is 26.2 Å². The molecule has 0 fully saturated rings. The van der Waals surface area contributed by atoms with Crippen LogP contribution in [0.3, 0.4) is 0 Å². The number of sulfonamides is 1. The van der Waals surface area contributed by atoms with Crippen molar-refractivity contribution in [1.29, 1.82) is 0 Å². The average molecular weight is 444 g/mol. The molecule has 2 aromatic rings. The minimum atomic E-state index is -3.87. The molecule has 2 aromatic carbocycles. The van der Waals surface area contributed by atoms with Crippen LogP contribution < -0.4 is 15.4 Å². The summed E-state index contributed by atoms with van der Waals surface area (Å²) in [7, 11) is -3.87. The van der Waals surface area contributed by atoms with E-state index in [1.165, 1.54) is 13.8 Å². The number of amides is 2. The van der Waals surface area contributed by atoms with Crippen molar-refractivity contribution < 1.29 is 27.1 Å². The van der Waals surface area contributed by atoms with Crippen molar-refractivity contribution >= 4 is 50.7 Å². The number of urea groups is 1. The molecule has 0 aliphatic rings. The van der Waals surface area contributed by atoms with Gasteiger partial charge in [-0.25, -0.2) is 22.4 Å². The third kappa shape index (κ3) is 5.81. The number of halogens is 2. The minimum absolute atomic E-state index is 0.0669. The fourth-order valence-electron chi connectivity index (χ4n) is 2.27. The summed E-state index contributed by atoms with van der Waals surface area (Å²) in [6.45, 7) is 2.82. The summed E-state index contributed by atoms with van der Waals surface area (Å²) >= 11 is 5.98. The first-order valence-electron chi connectivity index (χ1n) is 8.51. The summed E-state index contributed by atoms with van der Waals surface area (Å²) in [5.74, 6) is -2.42. The Morgan fingerprint density at radius 1 is 1.10 bits per heavy atom. The Hall–Kier alpha value is -2.85. The molecule has 2 rings (SSSR count). The molecule has 8 nitrogen and oxygen atoms in total. The van der Waals surface area contributed by atoms with Crippen LogP contribution in [0.2, 0.25) is 5.02 Å². The third-order valence-electron chi connectivity index (χ3n) is 3.62. The molecule has 3 N–H and O–H groups in total. The SMILES string of the molecule is CCOC(=O)c1c(NC(=O)Nc2ccccc2)c(F)cc(Cl)c1NS(=O)(=O)CC. The van der Waals surface area contributed by atoms with Crippen LogP contribution in [0.15, 0.2) is 36.4 Å². The summed E-state index contributed by atoms with van der Waals surface area (Å²) in [6.07, 6.45) is 0. The first kappa shape index (κ1) is 22.4. The Morgan fingerprint density at radius 3 is 2.34 bits per heavy atom. The van der Waals surface area contributed by atoms with E-state index in [9.17, 15) is 22.4 Å². The third-order valence-corrected chi connectivity index (χ3v) is 5.19. The smallest absolute Gasteiger partial charge is 0.342 e. The van der Waals surface area contributed by atoms with Crippen LogP contribution >= 0.6 is 11.6 Å². The van der Waals surface area contributed by atoms with Gasteiger partial charge in [-0.15, -0.1) is 0 Å². The van der Waals surface area contributed by atoms with E-state index in [1.807, 2.05) is 0 Å². The maximum absolute atomic E-state index is 14.6. The molecule has 0 saturated carbocycles. The molecule has 0 aliphatic heterocycles. The number of para-hydroxylation sites is 1. The Bertz CT molecular complexity index is 1020. The van der Waals surface area contributed by atoms with Crippen molar-refractivity contribution in [3.8, 4) is 0 Å². The number of carbonyl (C=O) groups is 2. The van der Waals surface area contributed by atoms with E-state index in [4.69, 9.17) is 16.3 Å². The fourth-order valence-corrected chi connectivity index (χ4v) is 3.23. The van der Waals surface area contributed by atoms with Gasteiger partial charge in [-0.05, 0) is 32.0 Å². The van der Waals surface area contributed by atoms with Gasteiger partial charge in [0.1, 0.15) is 11.4 Å². The van der Waals surface area contributed by atoms with Crippen molar-refractivity contribution in [2.24, 2.45) is 0 Å². The maximum atomic E-state index is 14.6. The highest BCUT2D eigenvalue weighted by molar-refractivity contribution is 7.92. The van der Waals surface area contributed by atoms with E-state index in [1.54, 1.807) is 30.3 Å². The maximum Gasteiger partial charge on any atom is 0.342 e. The second kappa shape index (κ2) is 9.57. The normalized spacial score (nSPS) is 10.9. The number of nitrogens with one attached hydrogen (secondary N) is 3. The summed E-state index contributed by atoms with van der Waals surface area (Å²) in [4.78, 5) is 24.7. The summed E-state index contributed by atoms with van der Waals surface area (Å²) in [5, 5.41) is 4.32. The number of rotatable bonds is 7. The molecule has 0 aromatic heterocycles. The molecular formula is C18H19ClFN3O5S. The van der Waals surface area contributed by atoms with Crippen LogP contribution in [-0.4, -0.2) is 32.8 Å². The number of esters is 1. The molecule has 0 atom stereocenters. The van der Waals surface area contributed by atoms with Crippen LogP contribution in [0.25, 0.3) is 0 Å². The molecule has 0 saturated heterocycles. The van der Waals surface area contributed by atoms with Gasteiger partial charge in [-0.2, -0.15) is 0 Å². The predicted octanol–water partition coefficient (Wildman–Crippen LogP) is 4.06. The van der Waals surface area contributed by atoms with E-state index in [0.29, 0.717) is 5.69 Å². The Kier molecular flexibility index (Phi) is 7.40. The molecule has 0 spiro atoms. The van der Waals surface area contributed by atoms with Gasteiger partial charge in [0.2, 0.25) is 10.0 Å². The van der Waals surface area contributed by atoms with E-state index in [2.05, 4.69) is 15.4 Å². The number of carbonyl (C=O) groups excluding carboxylic acids is 2. The van der Waals surface area contributed by atoms with Gasteiger partial charge in [0.05, 0.1) is 28.8 Å². The average Bonchev–Trinajstić information content (AvgIpc) is 2.66. The molecule has 11 heteroatoms. The van der Waals surface area contributed by atoms with Gasteiger partial charge in [0.25, 0.3) is 0 Å². The molecule has 156 valence electrons. The van der Waals surface area contributed by atoms with Crippen molar-refractivity contribution in [2.45, 2.75) is 13.8 Å². The standard InChI is InChI=1S/C18H19ClFN3O5S/c1-3-28-17(24)14-15(23-29(26,27)4-2)12(19)10-13(20)16(14)22-18(25)21-11-8-6-5-7-9-11/h5-10,23H,3-4H2,1-2H3,(H2,21,22,25). The lowest BCUT2D eigenvalue weighted by Crippen LogP contribution is -2.24. The van der Waals surface area contributed by atoms with Crippen LogP contribution in [0, 0.1) is 5.82 Å². The highest BCUT2D eigenvalue weighted by Gasteiger charge is 2.27. The van der Waals surface area contributed by atoms with E-state index in [0.717, 1.165) is 6.07 Å². The van der Waals surface area contributed by atoms with Crippen LogP contribution in [-0.2, 0) is 14.8 Å². The zero-order valence-electron chi connectivity index (χ0n) is 15.6. The lowest BCUT2D eigenvalue weighted by molar-refractivity contribution is 0.0528. The van der Waals surface area contributed by atoms with Crippen LogP contribution in [0.1, 0.15) is 24.2 Å². The monoisotopic (exact) mass is 443 g/mol. The van der Waals surface area contributed by atoms with Crippen molar-refractivity contribution in [3.05, 3.63) is 52.8 Å². The van der Waals surface area contributed by atoms with Gasteiger partial charge >= 0.3 is 12.0 Å². The summed E-state index contributed by atoms with van der Waals surface area (Å²) in [5.41, 5.74) is -1.08. The van der Waals surface area contributed by atoms with Crippen molar-refractivity contribution in [1.82, 2.24) is 0 Å². The van der Waals surface area contributed by atoms with E-state index in [-0.39, 0.29) is 23.1 Å². The molecule has 2 amide bonds. The zero-order chi connectivity index (χ0) is 21.6. The zero-order valence-corrected chi connectivity index (χ0v) is 17.2. The number of hydrogen-bond donors (Lipinski definition) is 3. The highest BCUT2D eigenvalue weighted by Crippen LogP contribution is 2.36. The fraction of sp³-hybridized carbons (Fsp3) is 0.222.